The van der Waals surface area contributed by atoms with E-state index in [-0.39, 0.29) is 18.5 Å². The van der Waals surface area contributed by atoms with Crippen LogP contribution in [0.5, 0.6) is 0 Å². The van der Waals surface area contributed by atoms with E-state index in [1.165, 1.54) is 186 Å². The number of aliphatic hydroxyl groups excluding tert-OH is 2. The molecule has 0 aromatic heterocycles. The molecule has 0 spiro atoms. The average Bonchev–Trinajstić information content (AvgIpc) is 3.17. The fraction of sp³-hybridized carbons (Fsp3) is 0.958. The number of hydrogen-bond acceptors (Lipinski definition) is 5. The Morgan fingerprint density at radius 2 is 0.759 bits per heavy atom. The van der Waals surface area contributed by atoms with Crippen LogP contribution < -0.4 is 5.32 Å². The molecule has 0 radical (unpaired) electrons. The lowest BCUT2D eigenvalue weighted by molar-refractivity contribution is -0.143. The van der Waals surface area contributed by atoms with Gasteiger partial charge in [0.15, 0.2) is 0 Å². The van der Waals surface area contributed by atoms with Crippen molar-refractivity contribution in [2.24, 2.45) is 0 Å². The van der Waals surface area contributed by atoms with E-state index in [0.29, 0.717) is 25.9 Å². The zero-order valence-electron chi connectivity index (χ0n) is 36.5. The van der Waals surface area contributed by atoms with Crippen molar-refractivity contribution in [2.75, 3.05) is 13.2 Å². The van der Waals surface area contributed by atoms with Gasteiger partial charge in [-0.3, -0.25) is 9.59 Å². The number of aliphatic hydroxyl groups is 2. The Kier molecular flexibility index (Phi) is 43.6. The fourth-order valence-corrected chi connectivity index (χ4v) is 7.64. The molecule has 0 saturated carbocycles. The number of ether oxygens (including phenoxy) is 1. The van der Waals surface area contributed by atoms with Gasteiger partial charge in [0.1, 0.15) is 0 Å². The van der Waals surface area contributed by atoms with Crippen molar-refractivity contribution in [3.05, 3.63) is 0 Å². The van der Waals surface area contributed by atoms with Crippen molar-refractivity contribution in [3.8, 4) is 0 Å². The Hall–Kier alpha value is -1.14. The molecule has 0 heterocycles. The average molecular weight is 766 g/mol. The van der Waals surface area contributed by atoms with Gasteiger partial charge in [-0.1, -0.05) is 232 Å². The first-order chi connectivity index (χ1) is 26.5. The summed E-state index contributed by atoms with van der Waals surface area (Å²) >= 11 is 0. The molecule has 2 atom stereocenters. The van der Waals surface area contributed by atoms with E-state index in [4.69, 9.17) is 4.74 Å². The number of rotatable bonds is 45. The molecule has 0 fully saturated rings. The first-order valence-electron chi connectivity index (χ1n) is 24.3. The molecule has 6 nitrogen and oxygen atoms in total. The second kappa shape index (κ2) is 44.6. The zero-order valence-corrected chi connectivity index (χ0v) is 36.5. The standard InChI is InChI=1S/C48H95NO5/c1-3-5-7-9-11-13-15-17-21-24-28-32-36-40-46(51)45(44-50)49-47(52)41-37-33-29-25-22-18-16-19-23-27-31-35-39-43-54-48(53)42-38-34-30-26-20-14-12-10-8-6-4-2/h45-46,50-51H,3-44H2,1-2H3,(H,49,52). The second-order valence-electron chi connectivity index (χ2n) is 16.8. The molecule has 322 valence electrons. The van der Waals surface area contributed by atoms with Crippen LogP contribution in [0.25, 0.3) is 0 Å². The smallest absolute Gasteiger partial charge is 0.305 e. The van der Waals surface area contributed by atoms with Crippen LogP contribution in [0.15, 0.2) is 0 Å². The van der Waals surface area contributed by atoms with Crippen LogP contribution in [0.4, 0.5) is 0 Å². The molecule has 0 bridgehead atoms. The molecule has 0 saturated heterocycles. The van der Waals surface area contributed by atoms with E-state index < -0.39 is 12.1 Å². The van der Waals surface area contributed by atoms with E-state index in [9.17, 15) is 19.8 Å². The largest absolute Gasteiger partial charge is 0.466 e. The van der Waals surface area contributed by atoms with Crippen LogP contribution in [0.1, 0.15) is 271 Å². The molecule has 1 amide bonds. The molecule has 0 aliphatic carbocycles. The summed E-state index contributed by atoms with van der Waals surface area (Å²) in [6.07, 6.45) is 47.7. The molecule has 0 aromatic carbocycles. The van der Waals surface area contributed by atoms with Gasteiger partial charge >= 0.3 is 5.97 Å². The maximum absolute atomic E-state index is 12.4. The predicted molar refractivity (Wildman–Crippen MR) is 232 cm³/mol. The first-order valence-corrected chi connectivity index (χ1v) is 24.3. The van der Waals surface area contributed by atoms with Gasteiger partial charge in [0.25, 0.3) is 0 Å². The van der Waals surface area contributed by atoms with Gasteiger partial charge in [-0.25, -0.2) is 0 Å². The summed E-state index contributed by atoms with van der Waals surface area (Å²) in [6.45, 7) is 4.92. The summed E-state index contributed by atoms with van der Waals surface area (Å²) in [7, 11) is 0. The quantitative estimate of drug-likeness (QED) is 0.0424. The molecule has 0 aliphatic rings. The van der Waals surface area contributed by atoms with Crippen LogP contribution in [-0.2, 0) is 14.3 Å². The van der Waals surface area contributed by atoms with Gasteiger partial charge < -0.3 is 20.3 Å². The van der Waals surface area contributed by atoms with Gasteiger partial charge in [-0.05, 0) is 25.7 Å². The highest BCUT2D eigenvalue weighted by molar-refractivity contribution is 5.76. The Balaban J connectivity index is 3.45. The summed E-state index contributed by atoms with van der Waals surface area (Å²) in [5, 5.41) is 23.2. The van der Waals surface area contributed by atoms with E-state index in [2.05, 4.69) is 19.2 Å². The summed E-state index contributed by atoms with van der Waals surface area (Å²) in [6, 6.07) is -0.548. The third-order valence-corrected chi connectivity index (χ3v) is 11.4. The van der Waals surface area contributed by atoms with Crippen molar-refractivity contribution in [1.82, 2.24) is 5.32 Å². The summed E-state index contributed by atoms with van der Waals surface area (Å²) in [5.74, 6) is -0.0524. The molecular formula is C48H95NO5. The molecule has 3 N–H and O–H groups in total. The summed E-state index contributed by atoms with van der Waals surface area (Å²) in [5.41, 5.74) is 0. The van der Waals surface area contributed by atoms with Crippen molar-refractivity contribution in [2.45, 2.75) is 283 Å². The number of carbonyl (C=O) groups excluding carboxylic acids is 2. The van der Waals surface area contributed by atoms with Crippen LogP contribution in [-0.4, -0.2) is 47.4 Å². The van der Waals surface area contributed by atoms with E-state index in [1.807, 2.05) is 0 Å². The van der Waals surface area contributed by atoms with Crippen molar-refractivity contribution < 1.29 is 24.5 Å². The fourth-order valence-electron chi connectivity index (χ4n) is 7.64. The molecule has 0 rings (SSSR count). The van der Waals surface area contributed by atoms with Crippen LogP contribution in [0.3, 0.4) is 0 Å². The molecule has 54 heavy (non-hydrogen) atoms. The summed E-state index contributed by atoms with van der Waals surface area (Å²) in [4.78, 5) is 24.4. The molecule has 6 heteroatoms. The third-order valence-electron chi connectivity index (χ3n) is 11.4. The Morgan fingerprint density at radius 1 is 0.444 bits per heavy atom. The van der Waals surface area contributed by atoms with E-state index >= 15 is 0 Å². The maximum atomic E-state index is 12.4. The number of carbonyl (C=O) groups is 2. The minimum absolute atomic E-state index is 0.00547. The zero-order chi connectivity index (χ0) is 39.4. The lowest BCUT2D eigenvalue weighted by Gasteiger charge is -2.22. The van der Waals surface area contributed by atoms with Gasteiger partial charge in [-0.15, -0.1) is 0 Å². The predicted octanol–water partition coefficient (Wildman–Crippen LogP) is 14.0. The van der Waals surface area contributed by atoms with Crippen LogP contribution in [0.2, 0.25) is 0 Å². The van der Waals surface area contributed by atoms with Crippen molar-refractivity contribution in [1.29, 1.82) is 0 Å². The minimum atomic E-state index is -0.670. The highest BCUT2D eigenvalue weighted by Gasteiger charge is 2.20. The minimum Gasteiger partial charge on any atom is -0.466 e. The summed E-state index contributed by atoms with van der Waals surface area (Å²) < 4.78 is 5.44. The highest BCUT2D eigenvalue weighted by atomic mass is 16.5. The Bertz CT molecular complexity index is 761. The van der Waals surface area contributed by atoms with E-state index in [1.54, 1.807) is 0 Å². The molecular weight excluding hydrogens is 671 g/mol. The molecule has 2 unspecified atom stereocenters. The van der Waals surface area contributed by atoms with Crippen LogP contribution >= 0.6 is 0 Å². The first kappa shape index (κ1) is 52.9. The Labute approximate surface area is 336 Å². The number of unbranched alkanes of at least 4 members (excludes halogenated alkanes) is 34. The number of amides is 1. The monoisotopic (exact) mass is 766 g/mol. The number of esters is 1. The molecule has 0 aliphatic heterocycles. The van der Waals surface area contributed by atoms with Crippen molar-refractivity contribution in [3.63, 3.8) is 0 Å². The Morgan fingerprint density at radius 3 is 1.13 bits per heavy atom. The molecule has 0 aromatic rings. The van der Waals surface area contributed by atoms with Gasteiger partial charge in [-0.2, -0.15) is 0 Å². The SMILES string of the molecule is CCCCCCCCCCCCCCCC(O)C(CO)NC(=O)CCCCCCCCCCCCCCCOC(=O)CCCCCCCCCCCCC. The maximum Gasteiger partial charge on any atom is 0.305 e. The van der Waals surface area contributed by atoms with Gasteiger partial charge in [0.2, 0.25) is 5.91 Å². The number of nitrogens with one attached hydrogen (secondary N) is 1. The van der Waals surface area contributed by atoms with Gasteiger partial charge in [0, 0.05) is 12.8 Å². The topological polar surface area (TPSA) is 95.9 Å². The lowest BCUT2D eigenvalue weighted by Crippen LogP contribution is -2.45. The van der Waals surface area contributed by atoms with Crippen LogP contribution in [0, 0.1) is 0 Å². The third kappa shape index (κ3) is 40.5. The van der Waals surface area contributed by atoms with Crippen molar-refractivity contribution >= 4 is 11.9 Å². The normalized spacial score (nSPS) is 12.6. The van der Waals surface area contributed by atoms with E-state index in [0.717, 1.165) is 51.4 Å². The van der Waals surface area contributed by atoms with Gasteiger partial charge in [0.05, 0.1) is 25.4 Å². The number of hydrogen-bond donors (Lipinski definition) is 3. The highest BCUT2D eigenvalue weighted by Crippen LogP contribution is 2.16. The lowest BCUT2D eigenvalue weighted by atomic mass is 10.0. The second-order valence-corrected chi connectivity index (χ2v) is 16.8.